The normalized spacial score (nSPS) is 13.0. The Morgan fingerprint density at radius 1 is 1.23 bits per heavy atom. The van der Waals surface area contributed by atoms with Crippen LogP contribution in [0.3, 0.4) is 0 Å². The number of nitrogens with zero attached hydrogens (tertiary/aromatic N) is 1. The van der Waals surface area contributed by atoms with Gasteiger partial charge in [-0.3, -0.25) is 4.79 Å². The molecule has 0 heterocycles. The van der Waals surface area contributed by atoms with Gasteiger partial charge in [0.05, 0.1) is 4.90 Å². The number of carboxylic acid groups (broad SMARTS) is 1. The summed E-state index contributed by atoms with van der Waals surface area (Å²) < 4.78 is 51.4. The average Bonchev–Trinajstić information content (AvgIpc) is 2.54. The summed E-state index contributed by atoms with van der Waals surface area (Å²) >= 11 is 0. The molecule has 0 aliphatic heterocycles. The Morgan fingerprint density at radius 2 is 1.81 bits per heavy atom. The Hall–Kier alpha value is -2.07. The van der Waals surface area contributed by atoms with E-state index in [2.05, 4.69) is 0 Å². The zero-order valence-corrected chi connectivity index (χ0v) is 15.5. The maximum Gasteiger partial charge on any atom is 0.326 e. The minimum atomic E-state index is -3.83. The number of alkyl halides is 2. The van der Waals surface area contributed by atoms with Crippen LogP contribution in [0.15, 0.2) is 23.1 Å². The molecule has 0 saturated heterocycles. The third-order valence-corrected chi connectivity index (χ3v) is 5.98. The van der Waals surface area contributed by atoms with Crippen LogP contribution in [0.1, 0.15) is 36.2 Å². The number of carbonyl (C=O) groups excluding carboxylic acids is 1. The molecule has 146 valence electrons. The highest BCUT2D eigenvalue weighted by molar-refractivity contribution is 7.89. The molecule has 0 fully saturated rings. The molecule has 2 N–H and O–H groups in total. The predicted molar refractivity (Wildman–Crippen MR) is 90.8 cm³/mol. The Kier molecular flexibility index (Phi) is 7.64. The number of rotatable bonds is 9. The molecule has 1 amide bonds. The molecule has 1 unspecified atom stereocenters. The van der Waals surface area contributed by atoms with E-state index in [1.807, 2.05) is 5.32 Å². The molecule has 26 heavy (non-hydrogen) atoms. The third-order valence-electron chi connectivity index (χ3n) is 3.79. The van der Waals surface area contributed by atoms with Gasteiger partial charge >= 0.3 is 5.97 Å². The number of carbonyl (C=O) groups is 2. The van der Waals surface area contributed by atoms with Crippen molar-refractivity contribution >= 4 is 21.9 Å². The van der Waals surface area contributed by atoms with Crippen LogP contribution >= 0.6 is 0 Å². The van der Waals surface area contributed by atoms with Crippen molar-refractivity contribution in [3.8, 4) is 0 Å². The van der Waals surface area contributed by atoms with Crippen molar-refractivity contribution in [2.24, 2.45) is 0 Å². The fraction of sp³-hybridized carbons (Fsp3) is 0.500. The van der Waals surface area contributed by atoms with Crippen LogP contribution in [0, 0.1) is 6.92 Å². The lowest BCUT2D eigenvalue weighted by molar-refractivity contribution is -0.140. The van der Waals surface area contributed by atoms with Crippen LogP contribution in [-0.4, -0.2) is 55.3 Å². The minimum absolute atomic E-state index is 0.0883. The first-order valence-corrected chi connectivity index (χ1v) is 9.41. The van der Waals surface area contributed by atoms with Crippen molar-refractivity contribution in [3.63, 3.8) is 0 Å². The molecule has 0 spiro atoms. The van der Waals surface area contributed by atoms with Gasteiger partial charge in [-0.25, -0.2) is 22.0 Å². The number of halogens is 2. The topological polar surface area (TPSA) is 104 Å². The Bertz CT molecular complexity index is 764. The second kappa shape index (κ2) is 9.04. The van der Waals surface area contributed by atoms with E-state index >= 15 is 0 Å². The summed E-state index contributed by atoms with van der Waals surface area (Å²) in [6.45, 7) is 5.40. The molecule has 1 rings (SSSR count). The van der Waals surface area contributed by atoms with Gasteiger partial charge in [0, 0.05) is 25.1 Å². The van der Waals surface area contributed by atoms with Gasteiger partial charge in [-0.1, -0.05) is 19.9 Å². The van der Waals surface area contributed by atoms with Gasteiger partial charge in [0.15, 0.2) is 0 Å². The van der Waals surface area contributed by atoms with Crippen LogP contribution in [0.5, 0.6) is 0 Å². The van der Waals surface area contributed by atoms with E-state index in [4.69, 9.17) is 5.11 Å². The Labute approximate surface area is 151 Å². The fourth-order valence-electron chi connectivity index (χ4n) is 2.36. The van der Waals surface area contributed by atoms with Crippen molar-refractivity contribution in [1.29, 1.82) is 0 Å². The molecule has 1 aromatic rings. The Morgan fingerprint density at radius 3 is 2.27 bits per heavy atom. The molecule has 10 heteroatoms. The average molecular weight is 392 g/mol. The number of aliphatic carboxylic acids is 1. The SMILES string of the molecule is CCN(CC)S(=O)(=O)c1cc(C(=O)NC(CC(F)F)C(=O)O)ccc1C. The predicted octanol–water partition coefficient (Wildman–Crippen LogP) is 1.86. The van der Waals surface area contributed by atoms with E-state index in [-0.39, 0.29) is 23.5 Å². The largest absolute Gasteiger partial charge is 0.480 e. The first kappa shape index (κ1) is 22.0. The van der Waals surface area contributed by atoms with Crippen molar-refractivity contribution in [2.75, 3.05) is 13.1 Å². The lowest BCUT2D eigenvalue weighted by Crippen LogP contribution is -2.42. The van der Waals surface area contributed by atoms with E-state index in [9.17, 15) is 26.8 Å². The van der Waals surface area contributed by atoms with E-state index in [1.165, 1.54) is 16.4 Å². The number of amides is 1. The number of aryl methyl sites for hydroxylation is 1. The maximum absolute atomic E-state index is 12.7. The minimum Gasteiger partial charge on any atom is -0.480 e. The van der Waals surface area contributed by atoms with Gasteiger partial charge in [0.1, 0.15) is 6.04 Å². The summed E-state index contributed by atoms with van der Waals surface area (Å²) in [5, 5.41) is 10.9. The smallest absolute Gasteiger partial charge is 0.326 e. The van der Waals surface area contributed by atoms with Crippen LogP contribution in [0.4, 0.5) is 8.78 Å². The van der Waals surface area contributed by atoms with Crippen molar-refractivity contribution in [1.82, 2.24) is 9.62 Å². The van der Waals surface area contributed by atoms with Crippen molar-refractivity contribution < 1.29 is 31.9 Å². The number of carboxylic acids is 1. The molecular formula is C16H22F2N2O5S. The number of benzene rings is 1. The van der Waals surface area contributed by atoms with E-state index in [0.29, 0.717) is 5.56 Å². The summed E-state index contributed by atoms with van der Waals surface area (Å²) in [5.41, 5.74) is 0.290. The van der Waals surface area contributed by atoms with Gasteiger partial charge in [0.2, 0.25) is 16.4 Å². The highest BCUT2D eigenvalue weighted by Gasteiger charge is 2.27. The molecule has 1 atom stereocenters. The van der Waals surface area contributed by atoms with Crippen LogP contribution in [-0.2, 0) is 14.8 Å². The summed E-state index contributed by atoms with van der Waals surface area (Å²) in [7, 11) is -3.83. The van der Waals surface area contributed by atoms with Crippen molar-refractivity contribution in [3.05, 3.63) is 29.3 Å². The molecule has 1 aromatic carbocycles. The van der Waals surface area contributed by atoms with Gasteiger partial charge in [0.25, 0.3) is 5.91 Å². The third kappa shape index (κ3) is 5.21. The number of hydrogen-bond donors (Lipinski definition) is 2. The van der Waals surface area contributed by atoms with Gasteiger partial charge < -0.3 is 10.4 Å². The van der Waals surface area contributed by atoms with Crippen molar-refractivity contribution in [2.45, 2.75) is 44.6 Å². The molecule has 7 nitrogen and oxygen atoms in total. The molecule has 0 bridgehead atoms. The first-order valence-electron chi connectivity index (χ1n) is 7.97. The highest BCUT2D eigenvalue weighted by atomic mass is 32.2. The van der Waals surface area contributed by atoms with Crippen LogP contribution < -0.4 is 5.32 Å². The molecule has 0 radical (unpaired) electrons. The quantitative estimate of drug-likeness (QED) is 0.668. The summed E-state index contributed by atoms with van der Waals surface area (Å²) in [4.78, 5) is 23.1. The second-order valence-electron chi connectivity index (χ2n) is 5.56. The lowest BCUT2D eigenvalue weighted by Gasteiger charge is -2.20. The van der Waals surface area contributed by atoms with Gasteiger partial charge in [-0.15, -0.1) is 0 Å². The van der Waals surface area contributed by atoms with E-state index < -0.39 is 40.8 Å². The zero-order valence-electron chi connectivity index (χ0n) is 14.7. The van der Waals surface area contributed by atoms with Gasteiger partial charge in [-0.05, 0) is 24.6 Å². The van der Waals surface area contributed by atoms with Crippen LogP contribution in [0.2, 0.25) is 0 Å². The van der Waals surface area contributed by atoms with E-state index in [1.54, 1.807) is 20.8 Å². The zero-order chi connectivity index (χ0) is 20.1. The summed E-state index contributed by atoms with van der Waals surface area (Å²) in [6.07, 6.45) is -3.95. The number of sulfonamides is 1. The lowest BCUT2D eigenvalue weighted by atomic mass is 10.1. The molecular weight excluding hydrogens is 370 g/mol. The second-order valence-corrected chi connectivity index (χ2v) is 7.47. The summed E-state index contributed by atoms with van der Waals surface area (Å²) in [5.74, 6) is -2.53. The summed E-state index contributed by atoms with van der Waals surface area (Å²) in [6, 6.07) is 2.08. The highest BCUT2D eigenvalue weighted by Crippen LogP contribution is 2.21. The van der Waals surface area contributed by atoms with Gasteiger partial charge in [-0.2, -0.15) is 4.31 Å². The first-order chi connectivity index (χ1) is 12.0. The van der Waals surface area contributed by atoms with Crippen LogP contribution in [0.25, 0.3) is 0 Å². The molecule has 0 aliphatic carbocycles. The maximum atomic E-state index is 12.7. The van der Waals surface area contributed by atoms with E-state index in [0.717, 1.165) is 6.07 Å². The molecule has 0 aromatic heterocycles. The number of hydrogen-bond acceptors (Lipinski definition) is 4. The standard InChI is InChI=1S/C16H22F2N2O5S/c1-4-20(5-2)26(24,25)13-8-11(7-6-10(13)3)15(21)19-12(16(22)23)9-14(17)18/h6-8,12,14H,4-5,9H2,1-3H3,(H,19,21)(H,22,23). The fourth-order valence-corrected chi connectivity index (χ4v) is 4.07. The molecule has 0 saturated carbocycles. The Balaban J connectivity index is 3.20. The number of nitrogens with one attached hydrogen (secondary N) is 1. The molecule has 0 aliphatic rings. The monoisotopic (exact) mass is 392 g/mol.